The molecule has 1 heterocycles. The highest BCUT2D eigenvalue weighted by molar-refractivity contribution is 7.09. The first-order valence-corrected chi connectivity index (χ1v) is 7.04. The van der Waals surface area contributed by atoms with Crippen LogP contribution in [-0.2, 0) is 10.2 Å². The van der Waals surface area contributed by atoms with Gasteiger partial charge in [0.2, 0.25) is 5.13 Å². The van der Waals surface area contributed by atoms with Crippen molar-refractivity contribution in [2.24, 2.45) is 0 Å². The van der Waals surface area contributed by atoms with E-state index in [0.29, 0.717) is 16.5 Å². The molecule has 0 aliphatic rings. The summed E-state index contributed by atoms with van der Waals surface area (Å²) in [5.74, 6) is -0.231. The molecule has 1 atom stereocenters. The molecule has 1 aromatic heterocycles. The molecule has 0 aliphatic heterocycles. The number of nitrogens with one attached hydrogen (secondary N) is 1. The summed E-state index contributed by atoms with van der Waals surface area (Å²) in [5.41, 5.74) is 0.537. The zero-order chi connectivity index (χ0) is 14.8. The van der Waals surface area contributed by atoms with Crippen molar-refractivity contribution in [2.75, 3.05) is 5.32 Å². The predicted octanol–water partition coefficient (Wildman–Crippen LogP) is 3.07. The molecule has 0 saturated heterocycles. The Bertz CT molecular complexity index is 590. The summed E-state index contributed by atoms with van der Waals surface area (Å²) in [7, 11) is 0. The van der Waals surface area contributed by atoms with E-state index in [4.69, 9.17) is 0 Å². The molecule has 0 fully saturated rings. The standard InChI is InChI=1S/C14H17N3O2S/c1-14(2,3)12-16-13(20-17-12)15-10(11(18)19)9-7-5-4-6-8-9/h4-8,10H,1-3H3,(H,18,19)(H,15,16,17). The molecule has 6 heteroatoms. The zero-order valence-corrected chi connectivity index (χ0v) is 12.4. The van der Waals surface area contributed by atoms with Gasteiger partial charge in [0.05, 0.1) is 0 Å². The molecular weight excluding hydrogens is 274 g/mol. The summed E-state index contributed by atoms with van der Waals surface area (Å²) < 4.78 is 4.27. The minimum Gasteiger partial charge on any atom is -0.479 e. The van der Waals surface area contributed by atoms with E-state index in [1.807, 2.05) is 39.0 Å². The first-order valence-electron chi connectivity index (χ1n) is 6.26. The summed E-state index contributed by atoms with van der Waals surface area (Å²) in [6.45, 7) is 6.06. The number of carboxylic acids is 1. The van der Waals surface area contributed by atoms with Crippen LogP contribution in [-0.4, -0.2) is 20.4 Å². The molecule has 106 valence electrons. The molecule has 2 aromatic rings. The monoisotopic (exact) mass is 291 g/mol. The number of aromatic nitrogens is 2. The van der Waals surface area contributed by atoms with Gasteiger partial charge in [0.25, 0.3) is 0 Å². The second-order valence-electron chi connectivity index (χ2n) is 5.50. The normalized spacial score (nSPS) is 12.9. The van der Waals surface area contributed by atoms with Crippen molar-refractivity contribution in [2.45, 2.75) is 32.2 Å². The lowest BCUT2D eigenvalue weighted by molar-refractivity contribution is -0.138. The van der Waals surface area contributed by atoms with E-state index in [0.717, 1.165) is 0 Å². The van der Waals surface area contributed by atoms with Gasteiger partial charge in [-0.05, 0) is 5.56 Å². The van der Waals surface area contributed by atoms with Gasteiger partial charge in [-0.2, -0.15) is 4.37 Å². The number of anilines is 1. The molecule has 1 unspecified atom stereocenters. The van der Waals surface area contributed by atoms with Crippen LogP contribution < -0.4 is 5.32 Å². The fraction of sp³-hybridized carbons (Fsp3) is 0.357. The SMILES string of the molecule is CC(C)(C)c1nsc(NC(C(=O)O)c2ccccc2)n1. The van der Waals surface area contributed by atoms with Gasteiger partial charge in [-0.3, -0.25) is 0 Å². The summed E-state index contributed by atoms with van der Waals surface area (Å²) in [6.07, 6.45) is 0. The molecule has 0 aliphatic carbocycles. The van der Waals surface area contributed by atoms with Gasteiger partial charge in [0, 0.05) is 16.9 Å². The Labute approximate surface area is 121 Å². The average Bonchev–Trinajstić information content (AvgIpc) is 2.85. The van der Waals surface area contributed by atoms with E-state index in [1.54, 1.807) is 12.1 Å². The van der Waals surface area contributed by atoms with E-state index in [-0.39, 0.29) is 5.41 Å². The van der Waals surface area contributed by atoms with Crippen molar-refractivity contribution in [3.63, 3.8) is 0 Å². The highest BCUT2D eigenvalue weighted by Gasteiger charge is 2.23. The quantitative estimate of drug-likeness (QED) is 0.905. The number of carbonyl (C=O) groups is 1. The highest BCUT2D eigenvalue weighted by atomic mass is 32.1. The number of aliphatic carboxylic acids is 1. The molecule has 5 nitrogen and oxygen atoms in total. The maximum Gasteiger partial charge on any atom is 0.330 e. The molecule has 0 amide bonds. The van der Waals surface area contributed by atoms with Gasteiger partial charge in [-0.25, -0.2) is 9.78 Å². The van der Waals surface area contributed by atoms with Crippen LogP contribution in [0.25, 0.3) is 0 Å². The van der Waals surface area contributed by atoms with Crippen LogP contribution >= 0.6 is 11.5 Å². The summed E-state index contributed by atoms with van der Waals surface area (Å²) in [5, 5.41) is 12.8. The van der Waals surface area contributed by atoms with E-state index in [1.165, 1.54) is 11.5 Å². The number of rotatable bonds is 4. The van der Waals surface area contributed by atoms with E-state index in [2.05, 4.69) is 14.7 Å². The van der Waals surface area contributed by atoms with Crippen LogP contribution in [0.4, 0.5) is 5.13 Å². The maximum absolute atomic E-state index is 11.4. The van der Waals surface area contributed by atoms with Crippen molar-refractivity contribution in [1.82, 2.24) is 9.36 Å². The van der Waals surface area contributed by atoms with Crippen molar-refractivity contribution in [3.05, 3.63) is 41.7 Å². The number of hydrogen-bond donors (Lipinski definition) is 2. The van der Waals surface area contributed by atoms with Crippen LogP contribution in [0.5, 0.6) is 0 Å². The lowest BCUT2D eigenvalue weighted by Gasteiger charge is -2.14. The molecule has 20 heavy (non-hydrogen) atoms. The predicted molar refractivity (Wildman–Crippen MR) is 79.1 cm³/mol. The number of hydrogen-bond acceptors (Lipinski definition) is 5. The van der Waals surface area contributed by atoms with Crippen molar-refractivity contribution < 1.29 is 9.90 Å². The molecule has 0 spiro atoms. The number of nitrogens with zero attached hydrogens (tertiary/aromatic N) is 2. The third-order valence-electron chi connectivity index (χ3n) is 2.74. The summed E-state index contributed by atoms with van der Waals surface area (Å²) >= 11 is 1.18. The Kier molecular flexibility index (Phi) is 4.04. The van der Waals surface area contributed by atoms with Gasteiger partial charge < -0.3 is 10.4 Å². The highest BCUT2D eigenvalue weighted by Crippen LogP contribution is 2.26. The van der Waals surface area contributed by atoms with Crippen LogP contribution in [0, 0.1) is 0 Å². The minimum absolute atomic E-state index is 0.151. The lowest BCUT2D eigenvalue weighted by atomic mass is 9.96. The maximum atomic E-state index is 11.4. The Balaban J connectivity index is 2.22. The summed E-state index contributed by atoms with van der Waals surface area (Å²) in [4.78, 5) is 15.8. The molecule has 2 N–H and O–H groups in total. The van der Waals surface area contributed by atoms with Crippen LogP contribution in [0.1, 0.15) is 38.2 Å². The third kappa shape index (κ3) is 3.33. The smallest absolute Gasteiger partial charge is 0.330 e. The van der Waals surface area contributed by atoms with Crippen molar-refractivity contribution in [3.8, 4) is 0 Å². The largest absolute Gasteiger partial charge is 0.479 e. The Morgan fingerprint density at radius 2 is 1.95 bits per heavy atom. The third-order valence-corrected chi connectivity index (χ3v) is 3.39. The Morgan fingerprint density at radius 1 is 1.30 bits per heavy atom. The summed E-state index contributed by atoms with van der Waals surface area (Å²) in [6, 6.07) is 8.21. The van der Waals surface area contributed by atoms with Gasteiger partial charge in [0.15, 0.2) is 6.04 Å². The fourth-order valence-corrected chi connectivity index (χ4v) is 2.43. The number of carboxylic acid groups (broad SMARTS) is 1. The van der Waals surface area contributed by atoms with E-state index >= 15 is 0 Å². The molecular formula is C14H17N3O2S. The minimum atomic E-state index is -0.941. The molecule has 0 radical (unpaired) electrons. The van der Waals surface area contributed by atoms with Crippen molar-refractivity contribution >= 4 is 22.6 Å². The Morgan fingerprint density at radius 3 is 2.45 bits per heavy atom. The number of benzene rings is 1. The van der Waals surface area contributed by atoms with Gasteiger partial charge in [-0.15, -0.1) is 0 Å². The van der Waals surface area contributed by atoms with E-state index in [9.17, 15) is 9.90 Å². The first kappa shape index (κ1) is 14.5. The van der Waals surface area contributed by atoms with Crippen LogP contribution in [0.15, 0.2) is 30.3 Å². The topological polar surface area (TPSA) is 75.1 Å². The molecule has 2 rings (SSSR count). The van der Waals surface area contributed by atoms with Gasteiger partial charge in [0.1, 0.15) is 5.82 Å². The molecule has 1 aromatic carbocycles. The fourth-order valence-electron chi connectivity index (χ4n) is 1.64. The van der Waals surface area contributed by atoms with Crippen molar-refractivity contribution in [1.29, 1.82) is 0 Å². The van der Waals surface area contributed by atoms with E-state index < -0.39 is 12.0 Å². The second-order valence-corrected chi connectivity index (χ2v) is 6.25. The van der Waals surface area contributed by atoms with Gasteiger partial charge in [-0.1, -0.05) is 51.1 Å². The molecule has 0 bridgehead atoms. The Hall–Kier alpha value is -1.95. The first-order chi connectivity index (χ1) is 9.38. The average molecular weight is 291 g/mol. The van der Waals surface area contributed by atoms with Crippen LogP contribution in [0.3, 0.4) is 0 Å². The molecule has 0 saturated carbocycles. The lowest BCUT2D eigenvalue weighted by Crippen LogP contribution is -2.20. The second kappa shape index (κ2) is 5.58. The van der Waals surface area contributed by atoms with Gasteiger partial charge >= 0.3 is 5.97 Å². The van der Waals surface area contributed by atoms with Crippen LogP contribution in [0.2, 0.25) is 0 Å². The zero-order valence-electron chi connectivity index (χ0n) is 11.6.